The average molecular weight is 447 g/mol. The van der Waals surface area contributed by atoms with E-state index in [1.54, 1.807) is 36.5 Å². The summed E-state index contributed by atoms with van der Waals surface area (Å²) >= 11 is 1.09. The number of carbonyl (C=O) groups is 1. The predicted octanol–water partition coefficient (Wildman–Crippen LogP) is 0.503. The Balaban J connectivity index is 1.50. The molecule has 1 saturated heterocycles. The molecule has 0 radical (unpaired) electrons. The normalized spacial score (nSPS) is 15.3. The molecule has 1 aliphatic rings. The molecule has 1 amide bonds. The number of H-pyrrole nitrogens is 1. The lowest BCUT2D eigenvalue weighted by molar-refractivity contribution is 0.1000. The number of sulfonamides is 1. The summed E-state index contributed by atoms with van der Waals surface area (Å²) in [5.74, 6) is -0.111. The second-order valence-corrected chi connectivity index (χ2v) is 9.80. The van der Waals surface area contributed by atoms with E-state index in [2.05, 4.69) is 15.2 Å². The van der Waals surface area contributed by atoms with E-state index in [1.165, 1.54) is 10.4 Å². The lowest BCUT2D eigenvalue weighted by Crippen LogP contribution is -2.49. The summed E-state index contributed by atoms with van der Waals surface area (Å²) in [6.45, 7) is 1.27. The lowest BCUT2D eigenvalue weighted by atomic mass is 10.2. The minimum atomic E-state index is -3.68. The van der Waals surface area contributed by atoms with E-state index in [4.69, 9.17) is 5.73 Å². The first-order valence-corrected chi connectivity index (χ1v) is 11.3. The number of piperazine rings is 1. The number of hydrogen-bond acceptors (Lipinski definition) is 8. The van der Waals surface area contributed by atoms with E-state index < -0.39 is 15.9 Å². The molecule has 12 heteroatoms. The van der Waals surface area contributed by atoms with Gasteiger partial charge in [0.15, 0.2) is 0 Å². The number of aromatic nitrogens is 3. The van der Waals surface area contributed by atoms with Gasteiger partial charge in [0.05, 0.1) is 10.4 Å². The molecular formula is C18H18N6O4S2. The zero-order valence-corrected chi connectivity index (χ0v) is 17.3. The number of carbonyl (C=O) groups excluding carboxylic acids is 1. The van der Waals surface area contributed by atoms with Crippen molar-refractivity contribution < 1.29 is 13.2 Å². The van der Waals surface area contributed by atoms with Crippen LogP contribution in [0.25, 0.3) is 10.6 Å². The van der Waals surface area contributed by atoms with Crippen LogP contribution in [-0.4, -0.2) is 60.0 Å². The van der Waals surface area contributed by atoms with Crippen LogP contribution in [0.3, 0.4) is 0 Å². The Morgan fingerprint density at radius 3 is 2.53 bits per heavy atom. The molecule has 3 aromatic rings. The highest BCUT2D eigenvalue weighted by molar-refractivity contribution is 7.91. The molecular weight excluding hydrogens is 428 g/mol. The standard InChI is InChI=1S/C18H18N6O4S2/c19-17(26)12-2-1-7-20-18(12)23-8-10-24(11-9-23)30(27,28)16-6-4-14(29-16)13-3-5-15(25)22-21-13/h1-7H,8-11H2,(H2,19,26)(H,22,25). The highest BCUT2D eigenvalue weighted by Crippen LogP contribution is 2.31. The Bertz CT molecular complexity index is 1220. The molecule has 4 rings (SSSR count). The number of hydrogen-bond donors (Lipinski definition) is 2. The average Bonchev–Trinajstić information content (AvgIpc) is 3.25. The van der Waals surface area contributed by atoms with Crippen LogP contribution in [0.4, 0.5) is 5.82 Å². The van der Waals surface area contributed by atoms with Crippen LogP contribution >= 0.6 is 11.3 Å². The molecule has 0 aromatic carbocycles. The van der Waals surface area contributed by atoms with Gasteiger partial charge in [0.2, 0.25) is 0 Å². The zero-order valence-electron chi connectivity index (χ0n) is 15.7. The van der Waals surface area contributed by atoms with Crippen LogP contribution < -0.4 is 16.2 Å². The van der Waals surface area contributed by atoms with E-state index in [9.17, 15) is 18.0 Å². The topological polar surface area (TPSA) is 142 Å². The highest BCUT2D eigenvalue weighted by atomic mass is 32.2. The van der Waals surface area contributed by atoms with Gasteiger partial charge in [0, 0.05) is 38.4 Å². The Morgan fingerprint density at radius 2 is 1.87 bits per heavy atom. The maximum Gasteiger partial charge on any atom is 0.264 e. The molecule has 0 aliphatic carbocycles. The second-order valence-electron chi connectivity index (χ2n) is 6.56. The van der Waals surface area contributed by atoms with Gasteiger partial charge in [-0.15, -0.1) is 11.3 Å². The minimum Gasteiger partial charge on any atom is -0.365 e. The number of nitrogens with two attached hydrogens (primary N) is 1. The number of aromatic amines is 1. The largest absolute Gasteiger partial charge is 0.365 e. The van der Waals surface area contributed by atoms with E-state index in [-0.39, 0.29) is 22.9 Å². The fraction of sp³-hybridized carbons (Fsp3) is 0.222. The number of rotatable bonds is 5. The number of primary amides is 1. The molecule has 0 spiro atoms. The van der Waals surface area contributed by atoms with Crippen molar-refractivity contribution in [3.8, 4) is 10.6 Å². The first-order chi connectivity index (χ1) is 14.4. The quantitative estimate of drug-likeness (QED) is 0.581. The number of thiophene rings is 1. The van der Waals surface area contributed by atoms with Crippen LogP contribution in [0.15, 0.2) is 51.6 Å². The monoisotopic (exact) mass is 446 g/mol. The number of anilines is 1. The van der Waals surface area contributed by atoms with E-state index >= 15 is 0 Å². The van der Waals surface area contributed by atoms with Crippen molar-refractivity contribution in [2.75, 3.05) is 31.1 Å². The molecule has 3 aromatic heterocycles. The summed E-state index contributed by atoms with van der Waals surface area (Å²) in [5, 5.41) is 6.28. The van der Waals surface area contributed by atoms with Crippen molar-refractivity contribution in [3.05, 3.63) is 58.5 Å². The Labute approximate surface area is 176 Å². The maximum atomic E-state index is 13.1. The fourth-order valence-electron chi connectivity index (χ4n) is 3.19. The third kappa shape index (κ3) is 3.84. The first-order valence-electron chi connectivity index (χ1n) is 9.02. The van der Waals surface area contributed by atoms with Crippen LogP contribution in [0.5, 0.6) is 0 Å². The van der Waals surface area contributed by atoms with Gasteiger partial charge in [-0.2, -0.15) is 9.40 Å². The van der Waals surface area contributed by atoms with Crippen LogP contribution in [-0.2, 0) is 10.0 Å². The molecule has 0 unspecified atom stereocenters. The maximum absolute atomic E-state index is 13.1. The second kappa shape index (κ2) is 7.97. The van der Waals surface area contributed by atoms with Crippen molar-refractivity contribution in [2.24, 2.45) is 5.73 Å². The fourth-order valence-corrected chi connectivity index (χ4v) is 6.04. The molecule has 10 nitrogen and oxygen atoms in total. The molecule has 0 saturated carbocycles. The third-order valence-electron chi connectivity index (χ3n) is 4.70. The van der Waals surface area contributed by atoms with Gasteiger partial charge in [-0.3, -0.25) is 9.59 Å². The summed E-state index contributed by atoms with van der Waals surface area (Å²) in [6.07, 6.45) is 1.57. The SMILES string of the molecule is NC(=O)c1cccnc1N1CCN(S(=O)(=O)c2ccc(-c3ccc(=O)[nH]n3)s2)CC1. The highest BCUT2D eigenvalue weighted by Gasteiger charge is 2.31. The predicted molar refractivity (Wildman–Crippen MR) is 112 cm³/mol. The van der Waals surface area contributed by atoms with Crippen molar-refractivity contribution >= 4 is 33.1 Å². The van der Waals surface area contributed by atoms with E-state index in [1.807, 2.05) is 4.90 Å². The van der Waals surface area contributed by atoms with Crippen molar-refractivity contribution in [2.45, 2.75) is 4.21 Å². The molecule has 0 atom stereocenters. The van der Waals surface area contributed by atoms with Gasteiger partial charge < -0.3 is 10.6 Å². The minimum absolute atomic E-state index is 0.203. The summed E-state index contributed by atoms with van der Waals surface area (Å²) < 4.78 is 27.7. The Hall–Kier alpha value is -3.09. The van der Waals surface area contributed by atoms with Gasteiger partial charge >= 0.3 is 0 Å². The van der Waals surface area contributed by atoms with Crippen molar-refractivity contribution in [1.82, 2.24) is 19.5 Å². The van der Waals surface area contributed by atoms with Gasteiger partial charge in [-0.1, -0.05) is 0 Å². The molecule has 30 heavy (non-hydrogen) atoms. The van der Waals surface area contributed by atoms with Gasteiger partial charge in [-0.05, 0) is 30.3 Å². The van der Waals surface area contributed by atoms with Crippen LogP contribution in [0, 0.1) is 0 Å². The Morgan fingerprint density at radius 1 is 1.10 bits per heavy atom. The number of pyridine rings is 1. The number of nitrogens with one attached hydrogen (secondary N) is 1. The van der Waals surface area contributed by atoms with Crippen LogP contribution in [0.2, 0.25) is 0 Å². The van der Waals surface area contributed by atoms with Crippen molar-refractivity contribution in [1.29, 1.82) is 0 Å². The summed E-state index contributed by atoms with van der Waals surface area (Å²) in [6, 6.07) is 9.33. The zero-order chi connectivity index (χ0) is 21.3. The summed E-state index contributed by atoms with van der Waals surface area (Å²) in [7, 11) is -3.68. The molecule has 156 valence electrons. The molecule has 0 bridgehead atoms. The first kappa shape index (κ1) is 20.2. The Kier molecular flexibility index (Phi) is 5.37. The molecule has 1 fully saturated rings. The number of nitrogens with zero attached hydrogens (tertiary/aromatic N) is 4. The van der Waals surface area contributed by atoms with Gasteiger partial charge in [0.1, 0.15) is 15.7 Å². The van der Waals surface area contributed by atoms with Gasteiger partial charge in [-0.25, -0.2) is 18.5 Å². The van der Waals surface area contributed by atoms with Gasteiger partial charge in [0.25, 0.3) is 21.5 Å². The van der Waals surface area contributed by atoms with Crippen molar-refractivity contribution in [3.63, 3.8) is 0 Å². The molecule has 4 heterocycles. The lowest BCUT2D eigenvalue weighted by Gasteiger charge is -2.34. The molecule has 1 aliphatic heterocycles. The molecule has 3 N–H and O–H groups in total. The summed E-state index contributed by atoms with van der Waals surface area (Å²) in [4.78, 5) is 29.5. The third-order valence-corrected chi connectivity index (χ3v) is 8.17. The van der Waals surface area contributed by atoms with Crippen LogP contribution in [0.1, 0.15) is 10.4 Å². The smallest absolute Gasteiger partial charge is 0.264 e. The van der Waals surface area contributed by atoms with E-state index in [0.29, 0.717) is 35.0 Å². The number of amides is 1. The summed E-state index contributed by atoms with van der Waals surface area (Å²) in [5.41, 5.74) is 5.90. The van der Waals surface area contributed by atoms with E-state index in [0.717, 1.165) is 11.3 Å².